The van der Waals surface area contributed by atoms with Crippen molar-refractivity contribution >= 4 is 23.2 Å². The number of hydrogen-bond acceptors (Lipinski definition) is 2. The van der Waals surface area contributed by atoms with Gasteiger partial charge in [0.25, 0.3) is 0 Å². The second-order valence-electron chi connectivity index (χ2n) is 3.58. The molecule has 0 fully saturated rings. The van der Waals surface area contributed by atoms with Gasteiger partial charge in [0, 0.05) is 0 Å². The minimum atomic E-state index is 0.0703. The number of ketones is 1. The van der Waals surface area contributed by atoms with Crippen LogP contribution in [0.3, 0.4) is 0 Å². The van der Waals surface area contributed by atoms with E-state index in [1.165, 1.54) is 11.1 Å². The van der Waals surface area contributed by atoms with Gasteiger partial charge in [0.05, 0.1) is 0 Å². The number of benzene rings is 1. The van der Waals surface area contributed by atoms with Crippen molar-refractivity contribution in [2.45, 2.75) is 6.92 Å². The number of carbonyl (C=O) groups excluding carboxylic acids is 1. The van der Waals surface area contributed by atoms with Crippen LogP contribution >= 0.6 is 11.3 Å². The molecule has 0 unspecified atom stereocenters. The summed E-state index contributed by atoms with van der Waals surface area (Å²) in [5.74, 6) is 0.0703. The smallest absolute Gasteiger partial charge is 0.152 e. The van der Waals surface area contributed by atoms with Crippen LogP contribution in [0.15, 0.2) is 47.2 Å². The van der Waals surface area contributed by atoms with Crippen LogP contribution in [0.5, 0.6) is 0 Å². The summed E-state index contributed by atoms with van der Waals surface area (Å²) >= 11 is 1.69. The molecule has 2 aromatic rings. The molecule has 1 heterocycles. The van der Waals surface area contributed by atoms with Crippen molar-refractivity contribution in [1.82, 2.24) is 0 Å². The molecule has 0 radical (unpaired) electrons. The molecule has 0 amide bonds. The van der Waals surface area contributed by atoms with Gasteiger partial charge in [-0.15, -0.1) is 0 Å². The molecule has 16 heavy (non-hydrogen) atoms. The fourth-order valence-electron chi connectivity index (χ4n) is 1.46. The molecule has 1 aromatic carbocycles. The highest BCUT2D eigenvalue weighted by atomic mass is 32.1. The third-order valence-electron chi connectivity index (χ3n) is 2.25. The number of allylic oxidation sites excluding steroid dienone is 1. The third-order valence-corrected chi connectivity index (χ3v) is 2.93. The van der Waals surface area contributed by atoms with Crippen molar-refractivity contribution < 1.29 is 4.79 Å². The van der Waals surface area contributed by atoms with Crippen LogP contribution in [-0.4, -0.2) is 5.78 Å². The maximum atomic E-state index is 10.8. The summed E-state index contributed by atoms with van der Waals surface area (Å²) in [6.45, 7) is 1.55. The molecule has 1 nitrogen and oxygen atoms in total. The fraction of sp³-hybridized carbons (Fsp3) is 0.0714. The van der Waals surface area contributed by atoms with Crippen molar-refractivity contribution in [3.8, 4) is 11.1 Å². The number of thiophene rings is 1. The van der Waals surface area contributed by atoms with Crippen LogP contribution in [0.2, 0.25) is 0 Å². The van der Waals surface area contributed by atoms with Crippen molar-refractivity contribution in [3.63, 3.8) is 0 Å². The van der Waals surface area contributed by atoms with Gasteiger partial charge in [0.15, 0.2) is 5.78 Å². The van der Waals surface area contributed by atoms with E-state index in [9.17, 15) is 4.79 Å². The molecule has 0 N–H and O–H groups in total. The van der Waals surface area contributed by atoms with E-state index in [0.717, 1.165) is 5.56 Å². The molecule has 1 aromatic heterocycles. The molecule has 0 aliphatic rings. The van der Waals surface area contributed by atoms with Gasteiger partial charge >= 0.3 is 0 Å². The van der Waals surface area contributed by atoms with E-state index in [2.05, 4.69) is 29.0 Å². The maximum absolute atomic E-state index is 10.8. The van der Waals surface area contributed by atoms with Crippen molar-refractivity contribution in [1.29, 1.82) is 0 Å². The van der Waals surface area contributed by atoms with E-state index < -0.39 is 0 Å². The van der Waals surface area contributed by atoms with Gasteiger partial charge in [-0.25, -0.2) is 0 Å². The molecule has 0 saturated heterocycles. The summed E-state index contributed by atoms with van der Waals surface area (Å²) in [5.41, 5.74) is 3.47. The highest BCUT2D eigenvalue weighted by Gasteiger charge is 1.97. The Kier molecular flexibility index (Phi) is 3.32. The molecule has 2 rings (SSSR count). The van der Waals surface area contributed by atoms with Crippen LogP contribution in [0.1, 0.15) is 12.5 Å². The highest BCUT2D eigenvalue weighted by molar-refractivity contribution is 7.08. The van der Waals surface area contributed by atoms with Gasteiger partial charge in [0.1, 0.15) is 0 Å². The van der Waals surface area contributed by atoms with Crippen molar-refractivity contribution in [2.24, 2.45) is 0 Å². The van der Waals surface area contributed by atoms with Gasteiger partial charge < -0.3 is 0 Å². The molecule has 0 aliphatic carbocycles. The van der Waals surface area contributed by atoms with E-state index in [1.807, 2.05) is 18.2 Å². The van der Waals surface area contributed by atoms with Crippen LogP contribution in [0, 0.1) is 0 Å². The lowest BCUT2D eigenvalue weighted by Crippen LogP contribution is -1.81. The van der Waals surface area contributed by atoms with E-state index >= 15 is 0 Å². The Morgan fingerprint density at radius 2 is 2.12 bits per heavy atom. The van der Waals surface area contributed by atoms with E-state index in [-0.39, 0.29) is 5.78 Å². The van der Waals surface area contributed by atoms with Crippen LogP contribution in [0.25, 0.3) is 17.2 Å². The van der Waals surface area contributed by atoms with E-state index in [1.54, 1.807) is 24.3 Å². The lowest BCUT2D eigenvalue weighted by Gasteiger charge is -1.99. The topological polar surface area (TPSA) is 17.1 Å². The third kappa shape index (κ3) is 2.67. The Morgan fingerprint density at radius 1 is 1.25 bits per heavy atom. The Balaban J connectivity index is 2.30. The Hall–Kier alpha value is -1.67. The van der Waals surface area contributed by atoms with Gasteiger partial charge in [-0.05, 0) is 52.6 Å². The average molecular weight is 228 g/mol. The zero-order chi connectivity index (χ0) is 11.4. The van der Waals surface area contributed by atoms with Crippen LogP contribution in [0.4, 0.5) is 0 Å². The molecule has 0 aliphatic heterocycles. The molecule has 80 valence electrons. The predicted octanol–water partition coefficient (Wildman–Crippen LogP) is 4.02. The van der Waals surface area contributed by atoms with E-state index in [4.69, 9.17) is 0 Å². The summed E-state index contributed by atoms with van der Waals surface area (Å²) in [6, 6.07) is 10.3. The lowest BCUT2D eigenvalue weighted by molar-refractivity contribution is -0.112. The summed E-state index contributed by atoms with van der Waals surface area (Å²) < 4.78 is 0. The molecule has 0 saturated carbocycles. The summed E-state index contributed by atoms with van der Waals surface area (Å²) in [5, 5.41) is 4.18. The molecule has 0 spiro atoms. The summed E-state index contributed by atoms with van der Waals surface area (Å²) in [7, 11) is 0. The quantitative estimate of drug-likeness (QED) is 0.725. The molecular formula is C14H12OS. The second kappa shape index (κ2) is 4.90. The first-order chi connectivity index (χ1) is 7.75. The Bertz CT molecular complexity index is 509. The number of rotatable bonds is 3. The van der Waals surface area contributed by atoms with Crippen molar-refractivity contribution in [2.75, 3.05) is 0 Å². The summed E-state index contributed by atoms with van der Waals surface area (Å²) in [6.07, 6.45) is 3.44. The SMILES string of the molecule is CC(=O)/C=C/c1cccc(-c2ccsc2)c1. The second-order valence-corrected chi connectivity index (χ2v) is 4.36. The van der Waals surface area contributed by atoms with Gasteiger partial charge in [0.2, 0.25) is 0 Å². The van der Waals surface area contributed by atoms with Crippen LogP contribution in [-0.2, 0) is 4.79 Å². The first kappa shape index (κ1) is 10.8. The highest BCUT2D eigenvalue weighted by Crippen LogP contribution is 2.23. The lowest BCUT2D eigenvalue weighted by atomic mass is 10.1. The fourth-order valence-corrected chi connectivity index (χ4v) is 2.13. The monoisotopic (exact) mass is 228 g/mol. The van der Waals surface area contributed by atoms with Crippen LogP contribution < -0.4 is 0 Å². The molecule has 2 heteroatoms. The molecule has 0 bridgehead atoms. The first-order valence-corrected chi connectivity index (χ1v) is 6.01. The normalized spacial score (nSPS) is 10.8. The summed E-state index contributed by atoms with van der Waals surface area (Å²) in [4.78, 5) is 10.8. The number of carbonyl (C=O) groups is 1. The Morgan fingerprint density at radius 3 is 2.81 bits per heavy atom. The predicted molar refractivity (Wildman–Crippen MR) is 69.5 cm³/mol. The largest absolute Gasteiger partial charge is 0.295 e. The number of hydrogen-bond donors (Lipinski definition) is 0. The standard InChI is InChI=1S/C14H12OS/c1-11(15)5-6-12-3-2-4-13(9-12)14-7-8-16-10-14/h2-10H,1H3/b6-5+. The van der Waals surface area contributed by atoms with Gasteiger partial charge in [-0.1, -0.05) is 24.3 Å². The minimum absolute atomic E-state index is 0.0703. The first-order valence-electron chi connectivity index (χ1n) is 5.07. The maximum Gasteiger partial charge on any atom is 0.152 e. The van der Waals surface area contributed by atoms with Gasteiger partial charge in [-0.2, -0.15) is 11.3 Å². The minimum Gasteiger partial charge on any atom is -0.295 e. The molecule has 0 atom stereocenters. The van der Waals surface area contributed by atoms with Crippen molar-refractivity contribution in [3.05, 3.63) is 52.7 Å². The average Bonchev–Trinajstić information content (AvgIpc) is 2.80. The zero-order valence-electron chi connectivity index (χ0n) is 9.01. The Labute approximate surface area is 99.1 Å². The molecular weight excluding hydrogens is 216 g/mol. The van der Waals surface area contributed by atoms with E-state index in [0.29, 0.717) is 0 Å². The zero-order valence-corrected chi connectivity index (χ0v) is 9.83. The van der Waals surface area contributed by atoms with Gasteiger partial charge in [-0.3, -0.25) is 4.79 Å².